The number of carbonyl (C=O) groups is 1. The molecule has 3 N–H and O–H groups in total. The van der Waals surface area contributed by atoms with E-state index >= 15 is 0 Å². The SMILES string of the molecule is CC(C)c1ccc(C(N)CNC(=O)c2cccc(S(C)(=O)=O)c2)cc1. The Kier molecular flexibility index (Phi) is 5.98. The molecule has 25 heavy (non-hydrogen) atoms. The Balaban J connectivity index is 2.02. The summed E-state index contributed by atoms with van der Waals surface area (Å²) in [7, 11) is -3.35. The number of hydrogen-bond donors (Lipinski definition) is 2. The zero-order valence-electron chi connectivity index (χ0n) is 14.7. The zero-order chi connectivity index (χ0) is 18.6. The van der Waals surface area contributed by atoms with E-state index in [2.05, 4.69) is 19.2 Å². The van der Waals surface area contributed by atoms with Gasteiger partial charge in [0, 0.05) is 24.4 Å². The molecule has 1 amide bonds. The molecule has 0 aliphatic carbocycles. The minimum atomic E-state index is -3.35. The van der Waals surface area contributed by atoms with Gasteiger partial charge >= 0.3 is 0 Å². The van der Waals surface area contributed by atoms with Crippen LogP contribution in [0.25, 0.3) is 0 Å². The molecule has 0 bridgehead atoms. The maximum absolute atomic E-state index is 12.2. The van der Waals surface area contributed by atoms with Gasteiger partial charge in [-0.05, 0) is 35.2 Å². The lowest BCUT2D eigenvalue weighted by Gasteiger charge is -2.15. The maximum Gasteiger partial charge on any atom is 0.251 e. The predicted molar refractivity (Wildman–Crippen MR) is 99.3 cm³/mol. The van der Waals surface area contributed by atoms with E-state index in [1.807, 2.05) is 24.3 Å². The minimum Gasteiger partial charge on any atom is -0.350 e. The van der Waals surface area contributed by atoms with Crippen molar-refractivity contribution in [3.8, 4) is 0 Å². The Labute approximate surface area is 149 Å². The van der Waals surface area contributed by atoms with Crippen molar-refractivity contribution in [2.24, 2.45) is 5.73 Å². The quantitative estimate of drug-likeness (QED) is 0.829. The van der Waals surface area contributed by atoms with Crippen LogP contribution in [-0.4, -0.2) is 27.1 Å². The first-order valence-electron chi connectivity index (χ1n) is 8.12. The molecule has 0 fully saturated rings. The molecule has 0 aliphatic rings. The number of nitrogens with two attached hydrogens (primary N) is 1. The van der Waals surface area contributed by atoms with Crippen molar-refractivity contribution in [3.63, 3.8) is 0 Å². The summed E-state index contributed by atoms with van der Waals surface area (Å²) in [5.41, 5.74) is 8.61. The van der Waals surface area contributed by atoms with Gasteiger partial charge in [-0.1, -0.05) is 44.2 Å². The number of benzene rings is 2. The first-order valence-corrected chi connectivity index (χ1v) is 10.0. The monoisotopic (exact) mass is 360 g/mol. The first-order chi connectivity index (χ1) is 11.7. The number of sulfone groups is 1. The smallest absolute Gasteiger partial charge is 0.251 e. The molecule has 0 aliphatic heterocycles. The standard InChI is InChI=1S/C19H24N2O3S/c1-13(2)14-7-9-15(10-8-14)18(20)12-21-19(22)16-5-4-6-17(11-16)25(3,23)24/h4-11,13,18H,12,20H2,1-3H3,(H,21,22). The molecule has 2 aromatic rings. The van der Waals surface area contributed by atoms with E-state index in [0.717, 1.165) is 11.8 Å². The van der Waals surface area contributed by atoms with E-state index in [1.54, 1.807) is 12.1 Å². The lowest BCUT2D eigenvalue weighted by Crippen LogP contribution is -2.32. The third-order valence-electron chi connectivity index (χ3n) is 4.04. The van der Waals surface area contributed by atoms with Crippen molar-refractivity contribution in [2.75, 3.05) is 12.8 Å². The molecule has 2 rings (SSSR count). The average molecular weight is 360 g/mol. The molecule has 0 saturated heterocycles. The van der Waals surface area contributed by atoms with Crippen LogP contribution in [0.4, 0.5) is 0 Å². The summed E-state index contributed by atoms with van der Waals surface area (Å²) < 4.78 is 23.2. The summed E-state index contributed by atoms with van der Waals surface area (Å²) in [6, 6.07) is 13.6. The van der Waals surface area contributed by atoms with Crippen molar-refractivity contribution in [1.29, 1.82) is 0 Å². The van der Waals surface area contributed by atoms with Crippen molar-refractivity contribution in [1.82, 2.24) is 5.32 Å². The van der Waals surface area contributed by atoms with Gasteiger partial charge in [-0.3, -0.25) is 4.79 Å². The van der Waals surface area contributed by atoms with Gasteiger partial charge in [0.25, 0.3) is 5.91 Å². The third kappa shape index (κ3) is 5.14. The second-order valence-corrected chi connectivity index (χ2v) is 8.45. The van der Waals surface area contributed by atoms with Crippen LogP contribution < -0.4 is 11.1 Å². The number of amides is 1. The number of carbonyl (C=O) groups excluding carboxylic acids is 1. The van der Waals surface area contributed by atoms with Crippen LogP contribution in [0.15, 0.2) is 53.4 Å². The second kappa shape index (κ2) is 7.80. The molecule has 0 spiro atoms. The molecule has 0 saturated carbocycles. The zero-order valence-corrected chi connectivity index (χ0v) is 15.5. The van der Waals surface area contributed by atoms with Crippen LogP contribution in [0.1, 0.15) is 47.3 Å². The molecular weight excluding hydrogens is 336 g/mol. The van der Waals surface area contributed by atoms with E-state index in [-0.39, 0.29) is 23.4 Å². The fraction of sp³-hybridized carbons (Fsp3) is 0.316. The highest BCUT2D eigenvalue weighted by Crippen LogP contribution is 2.17. The molecular formula is C19H24N2O3S. The average Bonchev–Trinajstić information content (AvgIpc) is 2.58. The Morgan fingerprint density at radius 2 is 1.68 bits per heavy atom. The van der Waals surface area contributed by atoms with Crippen molar-refractivity contribution < 1.29 is 13.2 Å². The van der Waals surface area contributed by atoms with Gasteiger partial charge in [-0.15, -0.1) is 0 Å². The molecule has 134 valence electrons. The Morgan fingerprint density at radius 1 is 1.08 bits per heavy atom. The van der Waals surface area contributed by atoms with Crippen molar-refractivity contribution in [3.05, 3.63) is 65.2 Å². The number of rotatable bonds is 6. The minimum absolute atomic E-state index is 0.119. The molecule has 5 nitrogen and oxygen atoms in total. The van der Waals surface area contributed by atoms with Crippen LogP contribution in [0.3, 0.4) is 0 Å². The van der Waals surface area contributed by atoms with E-state index in [4.69, 9.17) is 5.73 Å². The maximum atomic E-state index is 12.2. The molecule has 0 radical (unpaired) electrons. The highest BCUT2D eigenvalue weighted by atomic mass is 32.2. The summed E-state index contributed by atoms with van der Waals surface area (Å²) in [4.78, 5) is 12.4. The molecule has 0 aromatic heterocycles. The Morgan fingerprint density at radius 3 is 2.24 bits per heavy atom. The van der Waals surface area contributed by atoms with E-state index in [1.165, 1.54) is 17.7 Å². The largest absolute Gasteiger partial charge is 0.350 e. The topological polar surface area (TPSA) is 89.3 Å². The molecule has 1 atom stereocenters. The summed E-state index contributed by atoms with van der Waals surface area (Å²) in [5, 5.41) is 2.75. The van der Waals surface area contributed by atoms with Crippen LogP contribution in [-0.2, 0) is 9.84 Å². The summed E-state index contributed by atoms with van der Waals surface area (Å²) in [6.45, 7) is 4.52. The third-order valence-corrected chi connectivity index (χ3v) is 5.15. The predicted octanol–water partition coefficient (Wildman–Crippen LogP) is 2.64. The summed E-state index contributed by atoms with van der Waals surface area (Å²) in [5.74, 6) is 0.104. The van der Waals surface area contributed by atoms with E-state index in [9.17, 15) is 13.2 Å². The van der Waals surface area contributed by atoms with E-state index < -0.39 is 9.84 Å². The molecule has 2 aromatic carbocycles. The van der Waals surface area contributed by atoms with Gasteiger partial charge in [-0.2, -0.15) is 0 Å². The number of hydrogen-bond acceptors (Lipinski definition) is 4. The second-order valence-electron chi connectivity index (χ2n) is 6.44. The first kappa shape index (κ1) is 19.1. The lowest BCUT2D eigenvalue weighted by atomic mass is 9.99. The highest BCUT2D eigenvalue weighted by Gasteiger charge is 2.13. The Hall–Kier alpha value is -2.18. The van der Waals surface area contributed by atoms with Gasteiger partial charge in [0.05, 0.1) is 4.90 Å². The summed E-state index contributed by atoms with van der Waals surface area (Å²) >= 11 is 0. The van der Waals surface area contributed by atoms with Crippen LogP contribution in [0.2, 0.25) is 0 Å². The van der Waals surface area contributed by atoms with E-state index in [0.29, 0.717) is 11.5 Å². The lowest BCUT2D eigenvalue weighted by molar-refractivity contribution is 0.0951. The van der Waals surface area contributed by atoms with Gasteiger partial charge in [-0.25, -0.2) is 8.42 Å². The molecule has 0 heterocycles. The Bertz CT molecular complexity index is 843. The van der Waals surface area contributed by atoms with Gasteiger partial charge in [0.15, 0.2) is 9.84 Å². The molecule has 6 heteroatoms. The number of nitrogens with one attached hydrogen (secondary N) is 1. The normalized spacial score (nSPS) is 12.8. The van der Waals surface area contributed by atoms with Crippen LogP contribution >= 0.6 is 0 Å². The van der Waals surface area contributed by atoms with Gasteiger partial charge in [0.1, 0.15) is 0 Å². The molecule has 1 unspecified atom stereocenters. The summed E-state index contributed by atoms with van der Waals surface area (Å²) in [6.07, 6.45) is 1.11. The van der Waals surface area contributed by atoms with Crippen LogP contribution in [0, 0.1) is 0 Å². The van der Waals surface area contributed by atoms with Gasteiger partial charge < -0.3 is 11.1 Å². The van der Waals surface area contributed by atoms with Crippen molar-refractivity contribution in [2.45, 2.75) is 30.7 Å². The fourth-order valence-electron chi connectivity index (χ4n) is 2.42. The highest BCUT2D eigenvalue weighted by molar-refractivity contribution is 7.90. The fourth-order valence-corrected chi connectivity index (χ4v) is 3.09. The van der Waals surface area contributed by atoms with Crippen molar-refractivity contribution >= 4 is 15.7 Å². The van der Waals surface area contributed by atoms with Gasteiger partial charge in [0.2, 0.25) is 0 Å². The van der Waals surface area contributed by atoms with Crippen LogP contribution in [0.5, 0.6) is 0 Å².